The van der Waals surface area contributed by atoms with Crippen LogP contribution in [0, 0.1) is 0 Å². The Morgan fingerprint density at radius 1 is 1.00 bits per heavy atom. The van der Waals surface area contributed by atoms with Gasteiger partial charge in [0.1, 0.15) is 11.5 Å². The van der Waals surface area contributed by atoms with E-state index in [1.165, 1.54) is 19.2 Å². The zero-order valence-corrected chi connectivity index (χ0v) is 18.6. The smallest absolute Gasteiger partial charge is 0.262 e. The quantitative estimate of drug-likeness (QED) is 0.425. The van der Waals surface area contributed by atoms with Crippen LogP contribution in [0.5, 0.6) is 11.5 Å². The second kappa shape index (κ2) is 9.47. The fourth-order valence-electron chi connectivity index (χ4n) is 2.77. The number of benzene rings is 3. The molecule has 0 spiro atoms. The summed E-state index contributed by atoms with van der Waals surface area (Å²) in [6, 6.07) is 14.9. The van der Waals surface area contributed by atoms with Crippen LogP contribution in [0.4, 0.5) is 11.4 Å². The Bertz CT molecular complexity index is 1210. The fourth-order valence-corrected chi connectivity index (χ4v) is 4.40. The van der Waals surface area contributed by atoms with E-state index in [0.717, 1.165) is 6.07 Å². The number of aromatic hydroxyl groups is 1. The molecule has 0 unspecified atom stereocenters. The molecule has 0 fully saturated rings. The first-order valence-electron chi connectivity index (χ1n) is 8.93. The van der Waals surface area contributed by atoms with Gasteiger partial charge in [-0.15, -0.1) is 0 Å². The largest absolute Gasteiger partial charge is 0.506 e. The molecule has 3 aromatic carbocycles. The highest BCUT2D eigenvalue weighted by molar-refractivity contribution is 7.92. The van der Waals surface area contributed by atoms with Crippen molar-refractivity contribution in [3.8, 4) is 11.5 Å². The van der Waals surface area contributed by atoms with E-state index in [1.807, 2.05) is 0 Å². The Hall–Kier alpha value is -2.94. The summed E-state index contributed by atoms with van der Waals surface area (Å²) in [7, 11) is -2.60. The molecule has 1 amide bonds. The highest BCUT2D eigenvalue weighted by atomic mass is 35.5. The summed E-state index contributed by atoms with van der Waals surface area (Å²) < 4.78 is 33.2. The number of nitrogens with one attached hydrogen (secondary N) is 2. The maximum Gasteiger partial charge on any atom is 0.262 e. The number of methoxy groups -OCH3 is 1. The molecule has 0 aliphatic heterocycles. The fraction of sp³-hybridized carbons (Fsp3) is 0.0952. The van der Waals surface area contributed by atoms with Gasteiger partial charge in [-0.05, 0) is 48.0 Å². The molecular formula is C21H18Cl2N2O5S. The number of ether oxygens (including phenoxy) is 1. The van der Waals surface area contributed by atoms with Crippen LogP contribution < -0.4 is 14.8 Å². The molecule has 0 heterocycles. The number of phenols is 1. The van der Waals surface area contributed by atoms with Crippen LogP contribution in [0.25, 0.3) is 0 Å². The average molecular weight is 481 g/mol. The molecule has 7 nitrogen and oxygen atoms in total. The third kappa shape index (κ3) is 5.41. The molecule has 10 heteroatoms. The third-order valence-corrected chi connectivity index (χ3v) is 6.37. The zero-order chi connectivity index (χ0) is 22.6. The van der Waals surface area contributed by atoms with Crippen LogP contribution in [-0.4, -0.2) is 26.5 Å². The van der Waals surface area contributed by atoms with Crippen LogP contribution in [0.1, 0.15) is 5.56 Å². The number of para-hydroxylation sites is 2. The van der Waals surface area contributed by atoms with Crippen LogP contribution in [0.3, 0.4) is 0 Å². The number of phenolic OH excluding ortho intramolecular Hbond substituents is 1. The van der Waals surface area contributed by atoms with E-state index in [-0.39, 0.29) is 28.4 Å². The van der Waals surface area contributed by atoms with Crippen molar-refractivity contribution in [1.82, 2.24) is 0 Å². The number of carbonyl (C=O) groups is 1. The summed E-state index contributed by atoms with van der Waals surface area (Å²) in [5.74, 6) is -0.484. The maximum absolute atomic E-state index is 12.8. The van der Waals surface area contributed by atoms with Gasteiger partial charge in [0, 0.05) is 10.0 Å². The average Bonchev–Trinajstić information content (AvgIpc) is 2.72. The van der Waals surface area contributed by atoms with E-state index in [4.69, 9.17) is 27.9 Å². The van der Waals surface area contributed by atoms with Crippen LogP contribution in [0.2, 0.25) is 10.0 Å². The van der Waals surface area contributed by atoms with Gasteiger partial charge in [-0.3, -0.25) is 9.52 Å². The number of halogens is 2. The minimum absolute atomic E-state index is 0.0731. The number of carbonyl (C=O) groups excluding carboxylic acids is 1. The molecule has 0 atom stereocenters. The molecule has 0 saturated carbocycles. The van der Waals surface area contributed by atoms with Crippen molar-refractivity contribution in [3.63, 3.8) is 0 Å². The predicted molar refractivity (Wildman–Crippen MR) is 121 cm³/mol. The molecule has 3 rings (SSSR count). The lowest BCUT2D eigenvalue weighted by Gasteiger charge is -2.14. The van der Waals surface area contributed by atoms with Gasteiger partial charge in [0.2, 0.25) is 5.91 Å². The van der Waals surface area contributed by atoms with Crippen molar-refractivity contribution in [2.45, 2.75) is 11.3 Å². The molecule has 31 heavy (non-hydrogen) atoms. The van der Waals surface area contributed by atoms with Gasteiger partial charge in [-0.1, -0.05) is 41.4 Å². The number of rotatable bonds is 7. The van der Waals surface area contributed by atoms with E-state index in [2.05, 4.69) is 10.0 Å². The second-order valence-electron chi connectivity index (χ2n) is 6.41. The summed E-state index contributed by atoms with van der Waals surface area (Å²) in [6.07, 6.45) is -0.158. The van der Waals surface area contributed by atoms with Crippen molar-refractivity contribution < 1.29 is 23.1 Å². The van der Waals surface area contributed by atoms with Gasteiger partial charge in [-0.2, -0.15) is 0 Å². The Balaban J connectivity index is 1.83. The van der Waals surface area contributed by atoms with Crippen molar-refractivity contribution in [3.05, 3.63) is 76.3 Å². The molecule has 0 aliphatic carbocycles. The van der Waals surface area contributed by atoms with Crippen molar-refractivity contribution in [2.75, 3.05) is 17.1 Å². The third-order valence-electron chi connectivity index (χ3n) is 4.30. The Kier molecular flexibility index (Phi) is 6.94. The van der Waals surface area contributed by atoms with Gasteiger partial charge in [0.05, 0.1) is 29.8 Å². The van der Waals surface area contributed by atoms with Gasteiger partial charge < -0.3 is 15.2 Å². The van der Waals surface area contributed by atoms with Crippen molar-refractivity contribution >= 4 is 50.5 Å². The van der Waals surface area contributed by atoms with Crippen LogP contribution in [0.15, 0.2) is 65.6 Å². The molecule has 0 aromatic heterocycles. The summed E-state index contributed by atoms with van der Waals surface area (Å²) in [4.78, 5) is 12.3. The summed E-state index contributed by atoms with van der Waals surface area (Å²) >= 11 is 12.2. The van der Waals surface area contributed by atoms with Crippen LogP contribution in [-0.2, 0) is 21.2 Å². The maximum atomic E-state index is 12.8. The first kappa shape index (κ1) is 22.7. The number of hydrogen-bond donors (Lipinski definition) is 3. The lowest BCUT2D eigenvalue weighted by molar-refractivity contribution is -0.115. The highest BCUT2D eigenvalue weighted by Crippen LogP contribution is 2.31. The van der Waals surface area contributed by atoms with Crippen molar-refractivity contribution in [1.29, 1.82) is 0 Å². The Labute approximate surface area is 189 Å². The molecule has 3 N–H and O–H groups in total. The predicted octanol–water partition coefficient (Wildman–Crippen LogP) is 4.69. The molecule has 162 valence electrons. The lowest BCUT2D eigenvalue weighted by atomic mass is 10.1. The standard InChI is InChI=1S/C21H18Cl2N2O5S/c1-30-20-8-3-2-7-17(20)25-31(28,29)13-9-10-19(26)18(11-13)24-21(27)12-14-15(22)5-4-6-16(14)23/h2-11,25-26H,12H2,1H3,(H,24,27). The van der Waals surface area contributed by atoms with Gasteiger partial charge in [0.25, 0.3) is 10.0 Å². The Morgan fingerprint density at radius 2 is 1.68 bits per heavy atom. The first-order chi connectivity index (χ1) is 14.7. The topological polar surface area (TPSA) is 105 Å². The highest BCUT2D eigenvalue weighted by Gasteiger charge is 2.19. The molecule has 0 aliphatic rings. The zero-order valence-electron chi connectivity index (χ0n) is 16.2. The van der Waals surface area contributed by atoms with E-state index in [1.54, 1.807) is 42.5 Å². The first-order valence-corrected chi connectivity index (χ1v) is 11.2. The monoisotopic (exact) mass is 480 g/mol. The molecule has 3 aromatic rings. The molecule has 0 saturated heterocycles. The normalized spacial score (nSPS) is 11.1. The van der Waals surface area contributed by atoms with Crippen LogP contribution >= 0.6 is 23.2 Å². The summed E-state index contributed by atoms with van der Waals surface area (Å²) in [5.41, 5.74) is 0.595. The van der Waals surface area contributed by atoms with E-state index in [9.17, 15) is 18.3 Å². The SMILES string of the molecule is COc1ccccc1NS(=O)(=O)c1ccc(O)c(NC(=O)Cc2c(Cl)cccc2Cl)c1. The summed E-state index contributed by atoms with van der Waals surface area (Å²) in [5, 5.41) is 13.2. The van der Waals surface area contributed by atoms with E-state index in [0.29, 0.717) is 21.4 Å². The van der Waals surface area contributed by atoms with Gasteiger partial charge in [-0.25, -0.2) is 8.42 Å². The number of sulfonamides is 1. The second-order valence-corrected chi connectivity index (χ2v) is 8.91. The molecular weight excluding hydrogens is 463 g/mol. The molecule has 0 radical (unpaired) electrons. The van der Waals surface area contributed by atoms with E-state index < -0.39 is 15.9 Å². The summed E-state index contributed by atoms with van der Waals surface area (Å²) in [6.45, 7) is 0. The number of anilines is 2. The molecule has 0 bridgehead atoms. The van der Waals surface area contributed by atoms with Crippen molar-refractivity contribution in [2.24, 2.45) is 0 Å². The Morgan fingerprint density at radius 3 is 2.35 bits per heavy atom. The number of hydrogen-bond acceptors (Lipinski definition) is 5. The minimum atomic E-state index is -4.03. The lowest BCUT2D eigenvalue weighted by Crippen LogP contribution is -2.17. The van der Waals surface area contributed by atoms with Gasteiger partial charge >= 0.3 is 0 Å². The minimum Gasteiger partial charge on any atom is -0.506 e. The van der Waals surface area contributed by atoms with Gasteiger partial charge in [0.15, 0.2) is 0 Å². The van der Waals surface area contributed by atoms with E-state index >= 15 is 0 Å². The number of amides is 1.